The molecule has 0 aliphatic carbocycles. The largest absolute Gasteiger partial charge is 0.324 e. The van der Waals surface area contributed by atoms with E-state index in [1.807, 2.05) is 26.0 Å². The molecule has 0 N–H and O–H groups in total. The van der Waals surface area contributed by atoms with Crippen molar-refractivity contribution in [2.75, 3.05) is 47.3 Å². The van der Waals surface area contributed by atoms with Crippen LogP contribution >= 0.6 is 0 Å². The van der Waals surface area contributed by atoms with E-state index in [9.17, 15) is 0 Å². The molecular formula is C19H45N2+. The summed E-state index contributed by atoms with van der Waals surface area (Å²) in [6, 6.07) is 0. The van der Waals surface area contributed by atoms with Gasteiger partial charge in [-0.25, -0.2) is 0 Å². The molecule has 0 aliphatic rings. The van der Waals surface area contributed by atoms with Gasteiger partial charge in [0.2, 0.25) is 0 Å². The first-order valence-corrected chi connectivity index (χ1v) is 9.43. The maximum Gasteiger partial charge on any atom is 0.0786 e. The third kappa shape index (κ3) is 16.1. The summed E-state index contributed by atoms with van der Waals surface area (Å²) in [4.78, 5) is 2.00. The van der Waals surface area contributed by atoms with E-state index in [2.05, 4.69) is 27.7 Å². The summed E-state index contributed by atoms with van der Waals surface area (Å²) in [6.07, 6.45) is 11.1. The van der Waals surface area contributed by atoms with Gasteiger partial charge in [-0.3, -0.25) is 0 Å². The minimum Gasteiger partial charge on any atom is -0.324 e. The molecule has 0 fully saturated rings. The Bertz CT molecular complexity index is 150. The molecule has 0 aliphatic heterocycles. The van der Waals surface area contributed by atoms with Gasteiger partial charge in [-0.2, -0.15) is 0 Å². The predicted molar refractivity (Wildman–Crippen MR) is 99.0 cm³/mol. The molecule has 0 rings (SSSR count). The molecule has 21 heavy (non-hydrogen) atoms. The van der Waals surface area contributed by atoms with Crippen molar-refractivity contribution in [2.45, 2.75) is 79.1 Å². The molecule has 0 saturated heterocycles. The fraction of sp³-hybridized carbons (Fsp3) is 1.00. The molecule has 0 amide bonds. The molecule has 0 unspecified atom stereocenters. The van der Waals surface area contributed by atoms with Gasteiger partial charge in [-0.15, -0.1) is 0 Å². The Balaban J connectivity index is 0. The van der Waals surface area contributed by atoms with Gasteiger partial charge in [0.1, 0.15) is 0 Å². The molecule has 0 atom stereocenters. The molecule has 0 aromatic heterocycles. The molecular weight excluding hydrogens is 256 g/mol. The summed E-state index contributed by atoms with van der Waals surface area (Å²) in [5.41, 5.74) is 0. The van der Waals surface area contributed by atoms with Crippen molar-refractivity contribution in [2.24, 2.45) is 0 Å². The lowest BCUT2D eigenvalue weighted by atomic mass is 10.1. The lowest BCUT2D eigenvalue weighted by Gasteiger charge is -2.39. The zero-order valence-corrected chi connectivity index (χ0v) is 16.4. The van der Waals surface area contributed by atoms with Crippen LogP contribution in [0.3, 0.4) is 0 Å². The second-order valence-electron chi connectivity index (χ2n) is 6.99. The van der Waals surface area contributed by atoms with Crippen LogP contribution in [0.1, 0.15) is 79.1 Å². The topological polar surface area (TPSA) is 3.24 Å². The highest BCUT2D eigenvalue weighted by atomic mass is 15.3. The molecule has 2 nitrogen and oxygen atoms in total. The van der Waals surface area contributed by atoms with Crippen molar-refractivity contribution >= 4 is 0 Å². The normalized spacial score (nSPS) is 11.4. The molecule has 0 radical (unpaired) electrons. The average Bonchev–Trinajstić information content (AvgIpc) is 2.45. The summed E-state index contributed by atoms with van der Waals surface area (Å²) in [5.74, 6) is 0. The Labute approximate surface area is 136 Å². The maximum atomic E-state index is 2.33. The first-order valence-electron chi connectivity index (χ1n) is 9.43. The minimum absolute atomic E-state index is 1.35. The molecule has 0 aromatic rings. The van der Waals surface area contributed by atoms with Gasteiger partial charge < -0.3 is 9.38 Å². The molecule has 0 saturated carbocycles. The van der Waals surface area contributed by atoms with Crippen LogP contribution in [0.4, 0.5) is 0 Å². The Morgan fingerprint density at radius 1 is 0.524 bits per heavy atom. The molecule has 0 heterocycles. The van der Waals surface area contributed by atoms with Crippen LogP contribution in [-0.4, -0.2) is 56.7 Å². The van der Waals surface area contributed by atoms with Gasteiger partial charge in [0.25, 0.3) is 0 Å². The van der Waals surface area contributed by atoms with E-state index in [0.717, 1.165) is 0 Å². The van der Waals surface area contributed by atoms with E-state index in [4.69, 9.17) is 0 Å². The van der Waals surface area contributed by atoms with Crippen molar-refractivity contribution in [3.05, 3.63) is 0 Å². The SMILES string of the molecule is CCCC[N+](CCCC)(CCCC)CCCC.CN(C)C. The second kappa shape index (κ2) is 16.3. The third-order valence-electron chi connectivity index (χ3n) is 3.94. The van der Waals surface area contributed by atoms with Crippen LogP contribution in [0, 0.1) is 0 Å². The molecule has 0 aromatic carbocycles. The second-order valence-corrected chi connectivity index (χ2v) is 6.99. The third-order valence-corrected chi connectivity index (χ3v) is 3.94. The van der Waals surface area contributed by atoms with Gasteiger partial charge in [-0.1, -0.05) is 53.4 Å². The number of hydrogen-bond acceptors (Lipinski definition) is 1. The number of hydrogen-bond donors (Lipinski definition) is 0. The van der Waals surface area contributed by atoms with Gasteiger partial charge in [-0.05, 0) is 46.8 Å². The highest BCUT2D eigenvalue weighted by molar-refractivity contribution is 4.49. The van der Waals surface area contributed by atoms with E-state index in [1.165, 1.54) is 82.0 Å². The Morgan fingerprint density at radius 3 is 0.857 bits per heavy atom. The van der Waals surface area contributed by atoms with Crippen LogP contribution in [0.2, 0.25) is 0 Å². The molecule has 0 bridgehead atoms. The average molecular weight is 302 g/mol. The van der Waals surface area contributed by atoms with E-state index >= 15 is 0 Å². The highest BCUT2D eigenvalue weighted by Crippen LogP contribution is 2.16. The number of quaternary nitrogens is 1. The number of nitrogens with zero attached hydrogens (tertiary/aromatic N) is 2. The quantitative estimate of drug-likeness (QED) is 0.449. The van der Waals surface area contributed by atoms with Crippen LogP contribution in [0.25, 0.3) is 0 Å². The van der Waals surface area contributed by atoms with E-state index < -0.39 is 0 Å². The first-order chi connectivity index (χ1) is 9.97. The zero-order chi connectivity index (χ0) is 16.6. The number of unbranched alkanes of at least 4 members (excludes halogenated alkanes) is 4. The first kappa shape index (κ1) is 23.2. The summed E-state index contributed by atoms with van der Waals surface area (Å²) < 4.78 is 1.42. The summed E-state index contributed by atoms with van der Waals surface area (Å²) in [7, 11) is 6.00. The van der Waals surface area contributed by atoms with E-state index in [1.54, 1.807) is 0 Å². The lowest BCUT2D eigenvalue weighted by molar-refractivity contribution is -0.929. The van der Waals surface area contributed by atoms with Crippen molar-refractivity contribution in [3.63, 3.8) is 0 Å². The Morgan fingerprint density at radius 2 is 0.714 bits per heavy atom. The Hall–Kier alpha value is -0.0800. The summed E-state index contributed by atoms with van der Waals surface area (Å²) in [6.45, 7) is 15.0. The van der Waals surface area contributed by atoms with Crippen molar-refractivity contribution in [3.8, 4) is 0 Å². The van der Waals surface area contributed by atoms with E-state index in [0.29, 0.717) is 0 Å². The van der Waals surface area contributed by atoms with Crippen LogP contribution in [0.5, 0.6) is 0 Å². The van der Waals surface area contributed by atoms with Crippen LogP contribution < -0.4 is 0 Å². The van der Waals surface area contributed by atoms with E-state index in [-0.39, 0.29) is 0 Å². The monoisotopic (exact) mass is 301 g/mol. The minimum atomic E-state index is 1.35. The smallest absolute Gasteiger partial charge is 0.0786 e. The maximum absolute atomic E-state index is 2.33. The number of rotatable bonds is 12. The molecule has 130 valence electrons. The standard InChI is InChI=1S/C16H36N.C3H9N/c1-5-9-13-17(14-10-6-2,15-11-7-3)16-12-8-4;1-4(2)3/h5-16H2,1-4H3;1-3H3/q+1;. The summed E-state index contributed by atoms with van der Waals surface area (Å²) in [5, 5.41) is 0. The fourth-order valence-corrected chi connectivity index (χ4v) is 2.64. The highest BCUT2D eigenvalue weighted by Gasteiger charge is 2.24. The predicted octanol–water partition coefficient (Wildman–Crippen LogP) is 5.18. The lowest BCUT2D eigenvalue weighted by Crippen LogP contribution is -2.50. The Kier molecular flexibility index (Phi) is 18.0. The summed E-state index contributed by atoms with van der Waals surface area (Å²) >= 11 is 0. The van der Waals surface area contributed by atoms with Crippen molar-refractivity contribution in [1.82, 2.24) is 4.90 Å². The van der Waals surface area contributed by atoms with Gasteiger partial charge in [0.15, 0.2) is 0 Å². The van der Waals surface area contributed by atoms with Crippen LogP contribution in [-0.2, 0) is 0 Å². The van der Waals surface area contributed by atoms with Crippen molar-refractivity contribution in [1.29, 1.82) is 0 Å². The zero-order valence-electron chi connectivity index (χ0n) is 16.4. The van der Waals surface area contributed by atoms with Crippen molar-refractivity contribution < 1.29 is 4.48 Å². The molecule has 2 heteroatoms. The van der Waals surface area contributed by atoms with Crippen LogP contribution in [0.15, 0.2) is 0 Å². The van der Waals surface area contributed by atoms with Gasteiger partial charge in [0, 0.05) is 0 Å². The molecule has 0 spiro atoms. The fourth-order valence-electron chi connectivity index (χ4n) is 2.64. The van der Waals surface area contributed by atoms with Gasteiger partial charge in [0.05, 0.1) is 26.2 Å². The van der Waals surface area contributed by atoms with Gasteiger partial charge >= 0.3 is 0 Å².